The minimum Gasteiger partial charge on any atom is -0.453 e. The molecule has 142 valence electrons. The van der Waals surface area contributed by atoms with Crippen molar-refractivity contribution in [3.8, 4) is 0 Å². The number of carbonyl (C=O) groups excluding carboxylic acids is 2. The van der Waals surface area contributed by atoms with Gasteiger partial charge in [-0.15, -0.1) is 11.3 Å². The molecule has 2 heterocycles. The van der Waals surface area contributed by atoms with Gasteiger partial charge in [-0.1, -0.05) is 29.1 Å². The quantitative estimate of drug-likeness (QED) is 0.343. The molecule has 1 aromatic carbocycles. The third-order valence-corrected chi connectivity index (χ3v) is 5.85. The molecule has 9 heteroatoms. The van der Waals surface area contributed by atoms with Gasteiger partial charge >= 0.3 is 5.97 Å². The van der Waals surface area contributed by atoms with Crippen molar-refractivity contribution in [3.63, 3.8) is 0 Å². The molecular formula is C18H19N3O4S2. The Morgan fingerprint density at radius 3 is 2.93 bits per heavy atom. The van der Waals surface area contributed by atoms with Crippen molar-refractivity contribution < 1.29 is 18.8 Å². The zero-order chi connectivity index (χ0) is 19.2. The first-order chi connectivity index (χ1) is 13.0. The Morgan fingerprint density at radius 1 is 1.37 bits per heavy atom. The van der Waals surface area contributed by atoms with Crippen LogP contribution in [0.3, 0.4) is 0 Å². The summed E-state index contributed by atoms with van der Waals surface area (Å²) in [5, 5.41) is 6.20. The Balaban J connectivity index is 1.36. The molecule has 7 nitrogen and oxygen atoms in total. The van der Waals surface area contributed by atoms with Gasteiger partial charge in [0.2, 0.25) is 0 Å². The molecule has 0 radical (unpaired) electrons. The molecule has 27 heavy (non-hydrogen) atoms. The number of carbonyl (C=O) groups is 2. The Morgan fingerprint density at radius 2 is 2.19 bits per heavy atom. The van der Waals surface area contributed by atoms with E-state index in [9.17, 15) is 9.59 Å². The lowest BCUT2D eigenvalue weighted by Crippen LogP contribution is -2.30. The maximum absolute atomic E-state index is 12.0. The first kappa shape index (κ1) is 19.4. The number of amides is 1. The summed E-state index contributed by atoms with van der Waals surface area (Å²) < 4.78 is 12.2. The summed E-state index contributed by atoms with van der Waals surface area (Å²) in [4.78, 5) is 28.4. The monoisotopic (exact) mass is 405 g/mol. The molecule has 3 aromatic rings. The fourth-order valence-electron chi connectivity index (χ4n) is 2.25. The standard InChI is InChI=1S/C18H19N3O4S2/c1-11-10-15(21-25-11)20-17(23)12(2)24-16(22)8-5-9-26-18-19-13-6-3-4-7-14(13)27-18/h3-4,6-7,10,12H,5,8-9H2,1-2H3,(H,20,21,23)/t12-/m1/s1. The maximum Gasteiger partial charge on any atom is 0.306 e. The smallest absolute Gasteiger partial charge is 0.306 e. The van der Waals surface area contributed by atoms with Gasteiger partial charge in [0, 0.05) is 18.2 Å². The number of aryl methyl sites for hydroxylation is 1. The molecule has 3 rings (SSSR count). The van der Waals surface area contributed by atoms with Crippen LogP contribution in [0, 0.1) is 6.92 Å². The molecule has 0 aliphatic rings. The molecule has 0 fully saturated rings. The van der Waals surface area contributed by atoms with Crippen molar-refractivity contribution in [3.05, 3.63) is 36.1 Å². The largest absolute Gasteiger partial charge is 0.453 e. The number of anilines is 1. The number of hydrogen-bond donors (Lipinski definition) is 1. The third kappa shape index (κ3) is 5.54. The SMILES string of the molecule is Cc1cc(NC(=O)[C@@H](C)OC(=O)CCCSc2nc3ccccc3s2)no1. The van der Waals surface area contributed by atoms with Gasteiger partial charge in [-0.25, -0.2) is 4.98 Å². The van der Waals surface area contributed by atoms with E-state index in [1.165, 1.54) is 6.92 Å². The molecule has 0 unspecified atom stereocenters. The lowest BCUT2D eigenvalue weighted by atomic mass is 10.3. The van der Waals surface area contributed by atoms with Gasteiger partial charge in [-0.3, -0.25) is 9.59 Å². The van der Waals surface area contributed by atoms with Crippen molar-refractivity contribution in [1.82, 2.24) is 10.1 Å². The number of nitrogens with one attached hydrogen (secondary N) is 1. The number of ether oxygens (including phenoxy) is 1. The molecule has 0 saturated carbocycles. The average molecular weight is 406 g/mol. The minimum atomic E-state index is -0.897. The minimum absolute atomic E-state index is 0.249. The summed E-state index contributed by atoms with van der Waals surface area (Å²) in [5.41, 5.74) is 0.992. The number of aromatic nitrogens is 2. The van der Waals surface area contributed by atoms with Gasteiger partial charge in [-0.05, 0) is 32.4 Å². The van der Waals surface area contributed by atoms with E-state index in [-0.39, 0.29) is 6.42 Å². The molecule has 0 bridgehead atoms. The number of rotatable bonds is 8. The zero-order valence-electron chi connectivity index (χ0n) is 14.9. The number of benzene rings is 1. The van der Waals surface area contributed by atoms with Crippen LogP contribution in [0.4, 0.5) is 5.82 Å². The summed E-state index contributed by atoms with van der Waals surface area (Å²) in [5.74, 6) is 0.792. The van der Waals surface area contributed by atoms with Crippen LogP contribution in [0.5, 0.6) is 0 Å². The Hall–Kier alpha value is -2.39. The second-order valence-corrected chi connectivity index (χ2v) is 8.22. The highest BCUT2D eigenvalue weighted by Gasteiger charge is 2.19. The fourth-order valence-corrected chi connectivity index (χ4v) is 4.33. The van der Waals surface area contributed by atoms with Gasteiger partial charge in [-0.2, -0.15) is 0 Å². The molecule has 0 spiro atoms. The van der Waals surface area contributed by atoms with Gasteiger partial charge < -0.3 is 14.6 Å². The Kier molecular flexibility index (Phi) is 6.46. The van der Waals surface area contributed by atoms with Crippen LogP contribution in [0.2, 0.25) is 0 Å². The van der Waals surface area contributed by atoms with Crippen molar-refractivity contribution in [1.29, 1.82) is 0 Å². The lowest BCUT2D eigenvalue weighted by molar-refractivity contribution is -0.153. The van der Waals surface area contributed by atoms with E-state index in [0.29, 0.717) is 18.0 Å². The maximum atomic E-state index is 12.0. The van der Waals surface area contributed by atoms with Crippen molar-refractivity contribution >= 4 is 51.0 Å². The average Bonchev–Trinajstić information content (AvgIpc) is 3.24. The van der Waals surface area contributed by atoms with E-state index in [1.807, 2.05) is 24.3 Å². The van der Waals surface area contributed by atoms with E-state index in [0.717, 1.165) is 20.3 Å². The highest BCUT2D eigenvalue weighted by molar-refractivity contribution is 8.01. The first-order valence-corrected chi connectivity index (χ1v) is 10.2. The number of para-hydroxylation sites is 1. The van der Waals surface area contributed by atoms with Gasteiger partial charge in [0.15, 0.2) is 16.3 Å². The van der Waals surface area contributed by atoms with Crippen LogP contribution in [0.1, 0.15) is 25.5 Å². The molecule has 1 amide bonds. The fraction of sp³-hybridized carbons (Fsp3) is 0.333. The van der Waals surface area contributed by atoms with Gasteiger partial charge in [0.1, 0.15) is 5.76 Å². The normalized spacial score (nSPS) is 12.1. The number of thioether (sulfide) groups is 1. The molecule has 0 aliphatic heterocycles. The van der Waals surface area contributed by atoms with Crippen molar-refractivity contribution in [2.24, 2.45) is 0 Å². The Labute approximate surface area is 164 Å². The number of hydrogen-bond acceptors (Lipinski definition) is 8. The van der Waals surface area contributed by atoms with Gasteiger partial charge in [0.05, 0.1) is 10.2 Å². The van der Waals surface area contributed by atoms with E-state index in [2.05, 4.69) is 15.5 Å². The molecule has 0 aliphatic carbocycles. The second kappa shape index (κ2) is 9.01. The number of fused-ring (bicyclic) bond motifs is 1. The summed E-state index contributed by atoms with van der Waals surface area (Å²) in [7, 11) is 0. The van der Waals surface area contributed by atoms with Crippen LogP contribution in [-0.4, -0.2) is 33.9 Å². The van der Waals surface area contributed by atoms with Crippen LogP contribution in [-0.2, 0) is 14.3 Å². The van der Waals surface area contributed by atoms with Crippen molar-refractivity contribution in [2.75, 3.05) is 11.1 Å². The highest BCUT2D eigenvalue weighted by Crippen LogP contribution is 2.29. The number of nitrogens with zero attached hydrogens (tertiary/aromatic N) is 2. The van der Waals surface area contributed by atoms with E-state index < -0.39 is 18.0 Å². The van der Waals surface area contributed by atoms with Crippen LogP contribution in [0.15, 0.2) is 39.2 Å². The van der Waals surface area contributed by atoms with Crippen LogP contribution in [0.25, 0.3) is 10.2 Å². The predicted octanol–water partition coefficient (Wildman–Crippen LogP) is 4.04. The zero-order valence-corrected chi connectivity index (χ0v) is 16.6. The van der Waals surface area contributed by atoms with Gasteiger partial charge in [0.25, 0.3) is 5.91 Å². The Bertz CT molecular complexity index is 904. The topological polar surface area (TPSA) is 94.3 Å². The molecule has 2 aromatic heterocycles. The second-order valence-electron chi connectivity index (χ2n) is 5.84. The molecule has 0 saturated heterocycles. The number of esters is 1. The molecule has 1 atom stereocenters. The van der Waals surface area contributed by atoms with E-state index in [1.54, 1.807) is 36.1 Å². The summed E-state index contributed by atoms with van der Waals surface area (Å²) in [6.07, 6.45) is 0.000815. The summed E-state index contributed by atoms with van der Waals surface area (Å²) in [6, 6.07) is 9.58. The van der Waals surface area contributed by atoms with Crippen molar-refractivity contribution in [2.45, 2.75) is 37.1 Å². The highest BCUT2D eigenvalue weighted by atomic mass is 32.2. The third-order valence-electron chi connectivity index (χ3n) is 3.58. The summed E-state index contributed by atoms with van der Waals surface area (Å²) >= 11 is 3.26. The van der Waals surface area contributed by atoms with Crippen LogP contribution >= 0.6 is 23.1 Å². The number of thiazole rings is 1. The van der Waals surface area contributed by atoms with Crippen LogP contribution < -0.4 is 5.32 Å². The molecular weight excluding hydrogens is 386 g/mol. The summed E-state index contributed by atoms with van der Waals surface area (Å²) in [6.45, 7) is 3.24. The van der Waals surface area contributed by atoms with E-state index in [4.69, 9.17) is 9.26 Å². The lowest BCUT2D eigenvalue weighted by Gasteiger charge is -2.12. The first-order valence-electron chi connectivity index (χ1n) is 8.43. The molecule has 1 N–H and O–H groups in total. The van der Waals surface area contributed by atoms with E-state index >= 15 is 0 Å². The predicted molar refractivity (Wildman–Crippen MR) is 105 cm³/mol.